The molecular formula is C12H17NO6. The summed E-state index contributed by atoms with van der Waals surface area (Å²) in [6, 6.07) is -0.538. The van der Waals surface area contributed by atoms with Crippen LogP contribution in [0.4, 0.5) is 0 Å². The van der Waals surface area contributed by atoms with Crippen LogP contribution >= 0.6 is 0 Å². The van der Waals surface area contributed by atoms with Crippen molar-refractivity contribution in [3.05, 3.63) is 12.2 Å². The monoisotopic (exact) mass is 271 g/mol. The van der Waals surface area contributed by atoms with E-state index in [9.17, 15) is 14.7 Å². The molecule has 3 N–H and O–H groups in total. The Hall–Kier alpha value is -1.44. The highest BCUT2D eigenvalue weighted by Gasteiger charge is 2.59. The summed E-state index contributed by atoms with van der Waals surface area (Å²) in [7, 11) is 0. The van der Waals surface area contributed by atoms with Crippen LogP contribution in [0.25, 0.3) is 0 Å². The number of ether oxygens (including phenoxy) is 2. The molecule has 4 atom stereocenters. The van der Waals surface area contributed by atoms with Crippen LogP contribution in [0, 0.1) is 0 Å². The summed E-state index contributed by atoms with van der Waals surface area (Å²) in [5.41, 5.74) is -2.16. The summed E-state index contributed by atoms with van der Waals surface area (Å²) in [6.45, 7) is 4.60. The molecule has 0 aromatic rings. The third kappa shape index (κ3) is 2.36. The number of aliphatic carboxylic acids is 1. The summed E-state index contributed by atoms with van der Waals surface area (Å²) < 4.78 is 11.1. The van der Waals surface area contributed by atoms with Gasteiger partial charge in [0.15, 0.2) is 5.79 Å². The van der Waals surface area contributed by atoms with Crippen LogP contribution in [0.5, 0.6) is 0 Å². The number of hydrogen-bond acceptors (Lipinski definition) is 5. The van der Waals surface area contributed by atoms with Crippen LogP contribution in [0.2, 0.25) is 0 Å². The number of hydrogen-bond donors (Lipinski definition) is 3. The van der Waals surface area contributed by atoms with Crippen LogP contribution in [-0.4, -0.2) is 51.7 Å². The molecule has 1 saturated heterocycles. The van der Waals surface area contributed by atoms with E-state index in [0.29, 0.717) is 0 Å². The van der Waals surface area contributed by atoms with E-state index in [2.05, 4.69) is 5.32 Å². The second-order valence-electron chi connectivity index (χ2n) is 5.24. The Morgan fingerprint density at radius 1 is 1.32 bits per heavy atom. The second-order valence-corrected chi connectivity index (χ2v) is 5.24. The lowest BCUT2D eigenvalue weighted by Crippen LogP contribution is -2.60. The predicted octanol–water partition coefficient (Wildman–Crippen LogP) is -0.603. The highest BCUT2D eigenvalue weighted by Crippen LogP contribution is 2.39. The largest absolute Gasteiger partial charge is 0.479 e. The maximum absolute atomic E-state index is 11.2. The van der Waals surface area contributed by atoms with Crippen molar-refractivity contribution in [1.82, 2.24) is 5.32 Å². The Morgan fingerprint density at radius 2 is 1.95 bits per heavy atom. The normalized spacial score (nSPS) is 39.7. The Bertz CT molecular complexity index is 446. The lowest BCUT2D eigenvalue weighted by Gasteiger charge is -2.36. The molecule has 1 fully saturated rings. The molecule has 0 saturated carbocycles. The van der Waals surface area contributed by atoms with Crippen molar-refractivity contribution in [2.45, 2.75) is 50.4 Å². The van der Waals surface area contributed by atoms with E-state index in [0.717, 1.165) is 6.08 Å². The zero-order valence-electron chi connectivity index (χ0n) is 10.9. The maximum Gasteiger partial charge on any atom is 0.342 e. The summed E-state index contributed by atoms with van der Waals surface area (Å²) in [5.74, 6) is -2.72. The fourth-order valence-corrected chi connectivity index (χ4v) is 2.40. The first-order valence-corrected chi connectivity index (χ1v) is 5.93. The molecule has 0 spiro atoms. The van der Waals surface area contributed by atoms with E-state index >= 15 is 0 Å². The number of carboxylic acid groups (broad SMARTS) is 1. The van der Waals surface area contributed by atoms with Crippen LogP contribution in [0.3, 0.4) is 0 Å². The van der Waals surface area contributed by atoms with Crippen molar-refractivity contribution in [2.75, 3.05) is 0 Å². The number of carbonyl (C=O) groups is 2. The van der Waals surface area contributed by atoms with Gasteiger partial charge in [-0.1, -0.05) is 6.08 Å². The SMILES string of the molecule is CC(=O)N[C@@H]1C=C[C@@](O)(C(=O)O)[C@H]2OC(C)(C)O[C@@H]12. The molecule has 0 aromatic carbocycles. The van der Waals surface area contributed by atoms with Gasteiger partial charge in [0.1, 0.15) is 12.2 Å². The van der Waals surface area contributed by atoms with Gasteiger partial charge in [-0.2, -0.15) is 0 Å². The van der Waals surface area contributed by atoms with E-state index in [1.54, 1.807) is 13.8 Å². The lowest BCUT2D eigenvalue weighted by atomic mass is 9.83. The summed E-state index contributed by atoms with van der Waals surface area (Å²) in [5, 5.41) is 22.0. The quantitative estimate of drug-likeness (QED) is 0.579. The first kappa shape index (κ1) is 14.0. The molecule has 7 heteroatoms. The molecule has 0 unspecified atom stereocenters. The van der Waals surface area contributed by atoms with Crippen molar-refractivity contribution >= 4 is 11.9 Å². The number of carbonyl (C=O) groups excluding carboxylic acids is 1. The van der Waals surface area contributed by atoms with Gasteiger partial charge in [-0.15, -0.1) is 0 Å². The van der Waals surface area contributed by atoms with Crippen molar-refractivity contribution in [3.63, 3.8) is 0 Å². The highest BCUT2D eigenvalue weighted by atomic mass is 16.8. The van der Waals surface area contributed by atoms with Crippen LogP contribution in [0.1, 0.15) is 20.8 Å². The van der Waals surface area contributed by atoms with Gasteiger partial charge in [-0.3, -0.25) is 4.79 Å². The summed E-state index contributed by atoms with van der Waals surface area (Å²) >= 11 is 0. The van der Waals surface area contributed by atoms with E-state index in [1.165, 1.54) is 13.0 Å². The average molecular weight is 271 g/mol. The molecule has 1 heterocycles. The van der Waals surface area contributed by atoms with Gasteiger partial charge in [0, 0.05) is 6.92 Å². The molecule has 2 aliphatic rings. The average Bonchev–Trinajstić information content (AvgIpc) is 2.59. The lowest BCUT2D eigenvalue weighted by molar-refractivity contribution is -0.180. The number of rotatable bonds is 2. The number of fused-ring (bicyclic) bond motifs is 1. The van der Waals surface area contributed by atoms with Crippen molar-refractivity contribution in [1.29, 1.82) is 0 Å². The van der Waals surface area contributed by atoms with Gasteiger partial charge in [0.05, 0.1) is 6.04 Å². The molecule has 0 aromatic heterocycles. The molecule has 1 amide bonds. The van der Waals surface area contributed by atoms with Gasteiger partial charge in [-0.25, -0.2) is 4.79 Å². The fourth-order valence-electron chi connectivity index (χ4n) is 2.40. The molecule has 0 radical (unpaired) electrons. The van der Waals surface area contributed by atoms with Gasteiger partial charge in [0.25, 0.3) is 0 Å². The number of nitrogens with one attached hydrogen (secondary N) is 1. The first-order chi connectivity index (χ1) is 8.66. The van der Waals surface area contributed by atoms with Gasteiger partial charge >= 0.3 is 5.97 Å². The smallest absolute Gasteiger partial charge is 0.342 e. The van der Waals surface area contributed by atoms with Crippen LogP contribution < -0.4 is 5.32 Å². The molecule has 1 aliphatic heterocycles. The zero-order valence-corrected chi connectivity index (χ0v) is 10.9. The van der Waals surface area contributed by atoms with Crippen molar-refractivity contribution < 1.29 is 29.3 Å². The maximum atomic E-state index is 11.2. The molecule has 1 aliphatic carbocycles. The van der Waals surface area contributed by atoms with E-state index in [-0.39, 0.29) is 5.91 Å². The van der Waals surface area contributed by atoms with Crippen molar-refractivity contribution in [3.8, 4) is 0 Å². The molecule has 106 valence electrons. The number of carboxylic acids is 1. The van der Waals surface area contributed by atoms with Crippen molar-refractivity contribution in [2.24, 2.45) is 0 Å². The topological polar surface area (TPSA) is 105 Å². The second kappa shape index (κ2) is 4.29. The Balaban J connectivity index is 2.36. The molecule has 2 rings (SSSR count). The zero-order chi connectivity index (χ0) is 14.4. The van der Waals surface area contributed by atoms with E-state index in [4.69, 9.17) is 14.6 Å². The Morgan fingerprint density at radius 3 is 2.47 bits per heavy atom. The predicted molar refractivity (Wildman–Crippen MR) is 63.2 cm³/mol. The highest BCUT2D eigenvalue weighted by molar-refractivity contribution is 5.82. The van der Waals surface area contributed by atoms with E-state index < -0.39 is 35.6 Å². The van der Waals surface area contributed by atoms with Crippen LogP contribution in [0.15, 0.2) is 12.2 Å². The van der Waals surface area contributed by atoms with Gasteiger partial charge in [-0.05, 0) is 19.9 Å². The third-order valence-electron chi connectivity index (χ3n) is 3.19. The molecule has 19 heavy (non-hydrogen) atoms. The minimum atomic E-state index is -2.16. The van der Waals surface area contributed by atoms with E-state index in [1.807, 2.05) is 0 Å². The molecule has 0 bridgehead atoms. The minimum Gasteiger partial charge on any atom is -0.479 e. The summed E-state index contributed by atoms with van der Waals surface area (Å²) in [6.07, 6.45) is 0.704. The standard InChI is InChI=1S/C12H17NO6/c1-6(14)13-7-4-5-12(17,10(15)16)9-8(7)18-11(2,3)19-9/h4-5,7-9,17H,1-3H3,(H,13,14)(H,15,16)/t7-,8+,9+,12+/m1/s1. The van der Waals surface area contributed by atoms with Gasteiger partial charge < -0.3 is 25.0 Å². The minimum absolute atomic E-state index is 0.275. The summed E-state index contributed by atoms with van der Waals surface area (Å²) in [4.78, 5) is 22.4. The molecule has 7 nitrogen and oxygen atoms in total. The Kier molecular flexibility index (Phi) is 3.16. The van der Waals surface area contributed by atoms with Gasteiger partial charge in [0.2, 0.25) is 11.5 Å². The fraction of sp³-hybridized carbons (Fsp3) is 0.667. The third-order valence-corrected chi connectivity index (χ3v) is 3.19. The first-order valence-electron chi connectivity index (χ1n) is 5.93. The number of amides is 1. The van der Waals surface area contributed by atoms with Crippen LogP contribution in [-0.2, 0) is 19.1 Å². The number of aliphatic hydroxyl groups is 1. The molecular weight excluding hydrogens is 254 g/mol. The Labute approximate surface area is 110 Å².